The van der Waals surface area contributed by atoms with Crippen molar-refractivity contribution in [3.8, 4) is 0 Å². The van der Waals surface area contributed by atoms with Gasteiger partial charge in [0.2, 0.25) is 0 Å². The quantitative estimate of drug-likeness (QED) is 0.179. The van der Waals surface area contributed by atoms with Gasteiger partial charge in [0, 0.05) is 0 Å². The zero-order valence-electron chi connectivity index (χ0n) is 13.9. The summed E-state index contributed by atoms with van der Waals surface area (Å²) in [6, 6.07) is 10.8. The van der Waals surface area contributed by atoms with E-state index < -0.39 is 10.4 Å². The number of hydrogen-bond acceptors (Lipinski definition) is 4. The Kier molecular flexibility index (Phi) is 15.7. The Morgan fingerprint density at radius 2 is 1.39 bits per heavy atom. The van der Waals surface area contributed by atoms with Gasteiger partial charge >= 0.3 is 161 Å². The average Bonchev–Trinajstić information content (AvgIpc) is 2.48. The van der Waals surface area contributed by atoms with Gasteiger partial charge in [0.15, 0.2) is 0 Å². The molecule has 0 aliphatic heterocycles. The molecule has 0 saturated heterocycles. The summed E-state index contributed by atoms with van der Waals surface area (Å²) in [6.45, 7) is 0.0235. The molecule has 0 fully saturated rings. The Bertz CT molecular complexity index is 482. The Labute approximate surface area is 173 Å². The molecule has 23 heavy (non-hydrogen) atoms. The maximum Gasteiger partial charge on any atom is 1.00 e. The molecule has 126 valence electrons. The molecule has 0 heterocycles. The fourth-order valence-electron chi connectivity index (χ4n) is 2.13. The van der Waals surface area contributed by atoms with E-state index in [9.17, 15) is 13.0 Å². The van der Waals surface area contributed by atoms with Crippen LogP contribution < -0.4 is 33.2 Å². The number of unbranched alkanes of at least 4 members (excludes halogenated alkanes) is 7. The van der Waals surface area contributed by atoms with Gasteiger partial charge in [-0.1, -0.05) is 0 Å². The van der Waals surface area contributed by atoms with Crippen molar-refractivity contribution >= 4 is 34.9 Å². The van der Waals surface area contributed by atoms with Gasteiger partial charge in [-0.15, -0.1) is 0 Å². The molecule has 0 bridgehead atoms. The summed E-state index contributed by atoms with van der Waals surface area (Å²) < 4.78 is 37.7. The van der Waals surface area contributed by atoms with Crippen molar-refractivity contribution < 1.29 is 46.7 Å². The van der Waals surface area contributed by atoms with Crippen molar-refractivity contribution in [2.75, 3.05) is 6.61 Å². The van der Waals surface area contributed by atoms with Gasteiger partial charge in [-0.25, -0.2) is 8.42 Å². The van der Waals surface area contributed by atoms with E-state index in [4.69, 9.17) is 0 Å². The van der Waals surface area contributed by atoms with Crippen LogP contribution >= 0.6 is 0 Å². The van der Waals surface area contributed by atoms with Crippen LogP contribution in [0.2, 0.25) is 4.47 Å². The summed E-state index contributed by atoms with van der Waals surface area (Å²) in [5, 5.41) is 0. The van der Waals surface area contributed by atoms with E-state index in [0.29, 0.717) is 6.42 Å². The molecular weight excluding hydrogens is 439 g/mol. The van der Waals surface area contributed by atoms with Crippen LogP contribution in [-0.4, -0.2) is 40.5 Å². The third-order valence-corrected chi connectivity index (χ3v) is 6.87. The predicted octanol–water partition coefficient (Wildman–Crippen LogP) is 0.0360. The summed E-state index contributed by atoms with van der Waals surface area (Å²) in [7, 11) is -4.50. The van der Waals surface area contributed by atoms with Crippen molar-refractivity contribution in [2.24, 2.45) is 0 Å². The van der Waals surface area contributed by atoms with E-state index in [0.717, 1.165) is 12.8 Å². The van der Waals surface area contributed by atoms with Crippen LogP contribution in [0.4, 0.5) is 0 Å². The molecule has 0 amide bonds. The third-order valence-electron chi connectivity index (χ3n) is 3.28. The first-order valence-corrected chi connectivity index (χ1v) is 12.0. The molecule has 0 aromatic heterocycles. The largest absolute Gasteiger partial charge is 1.00 e. The number of benzene rings is 1. The van der Waals surface area contributed by atoms with Gasteiger partial charge in [-0.3, -0.25) is 0 Å². The molecule has 0 atom stereocenters. The van der Waals surface area contributed by atoms with Crippen molar-refractivity contribution in [1.82, 2.24) is 0 Å². The first-order chi connectivity index (χ1) is 10.6. The summed E-state index contributed by atoms with van der Waals surface area (Å²) in [6.07, 6.45) is 9.01. The van der Waals surface area contributed by atoms with Crippen LogP contribution in [0.3, 0.4) is 0 Å². The van der Waals surface area contributed by atoms with Crippen LogP contribution in [-0.2, 0) is 14.6 Å². The van der Waals surface area contributed by atoms with Crippen LogP contribution in [0.25, 0.3) is 0 Å². The standard InChI is InChI=1S/C16H26O4STe.Na/c17-21(18,19)20-14-10-5-3-1-2-4-6-11-15-22-16-12-8-7-9-13-16;/h7-9,12-13H,1-6,10-11,14-15H2,(H,17,18,19);/q;+1/p-1. The van der Waals surface area contributed by atoms with Crippen molar-refractivity contribution in [2.45, 2.75) is 55.8 Å². The van der Waals surface area contributed by atoms with Gasteiger partial charge in [-0.2, -0.15) is 0 Å². The third kappa shape index (κ3) is 16.1. The van der Waals surface area contributed by atoms with Crippen LogP contribution in [0.1, 0.15) is 51.4 Å². The summed E-state index contributed by atoms with van der Waals surface area (Å²) in [4.78, 5) is 0. The normalized spacial score (nSPS) is 11.2. The van der Waals surface area contributed by atoms with Gasteiger partial charge in [0.1, 0.15) is 0 Å². The Hall–Kier alpha value is 0.880. The van der Waals surface area contributed by atoms with E-state index in [1.807, 2.05) is 0 Å². The summed E-state index contributed by atoms with van der Waals surface area (Å²) >= 11 is 0.0139. The van der Waals surface area contributed by atoms with Gasteiger partial charge in [0.25, 0.3) is 0 Å². The summed E-state index contributed by atoms with van der Waals surface area (Å²) in [5.41, 5.74) is 0. The van der Waals surface area contributed by atoms with E-state index in [1.165, 1.54) is 36.6 Å². The minimum atomic E-state index is -4.50. The molecule has 0 aliphatic rings. The number of hydrogen-bond donors (Lipinski definition) is 0. The molecule has 7 heteroatoms. The van der Waals surface area contributed by atoms with Crippen LogP contribution in [0.15, 0.2) is 30.3 Å². The molecule has 0 aliphatic carbocycles. The maximum atomic E-state index is 10.2. The molecule has 0 radical (unpaired) electrons. The topological polar surface area (TPSA) is 66.4 Å². The van der Waals surface area contributed by atoms with E-state index in [1.54, 1.807) is 3.61 Å². The minimum Gasteiger partial charge on any atom is 1.00 e. The fraction of sp³-hybridized carbons (Fsp3) is 0.625. The van der Waals surface area contributed by atoms with Gasteiger partial charge < -0.3 is 4.55 Å². The Morgan fingerprint density at radius 1 is 0.870 bits per heavy atom. The molecule has 1 rings (SSSR count). The molecule has 0 spiro atoms. The van der Waals surface area contributed by atoms with Crippen molar-refractivity contribution in [3.05, 3.63) is 30.3 Å². The monoisotopic (exact) mass is 466 g/mol. The van der Waals surface area contributed by atoms with E-state index in [2.05, 4.69) is 34.5 Å². The first kappa shape index (κ1) is 23.9. The van der Waals surface area contributed by atoms with Gasteiger partial charge in [0.05, 0.1) is 0 Å². The molecule has 4 nitrogen and oxygen atoms in total. The second-order valence-corrected chi connectivity index (χ2v) is 9.61. The zero-order chi connectivity index (χ0) is 16.1. The van der Waals surface area contributed by atoms with Crippen LogP contribution in [0, 0.1) is 0 Å². The van der Waals surface area contributed by atoms with Crippen molar-refractivity contribution in [1.29, 1.82) is 0 Å². The van der Waals surface area contributed by atoms with Crippen LogP contribution in [0.5, 0.6) is 0 Å². The molecular formula is C16H25NaO4STe. The zero-order valence-corrected chi connectivity index (χ0v) is 19.1. The number of rotatable bonds is 13. The maximum absolute atomic E-state index is 10.2. The Morgan fingerprint density at radius 3 is 1.96 bits per heavy atom. The second-order valence-electron chi connectivity index (χ2n) is 5.22. The molecule has 1 aromatic rings. The predicted molar refractivity (Wildman–Crippen MR) is 89.2 cm³/mol. The molecule has 0 N–H and O–H groups in total. The van der Waals surface area contributed by atoms with E-state index >= 15 is 0 Å². The SMILES string of the molecule is O=S(=O)([O-])OCCCCCCCCCC[Te]c1ccccc1.[Na+]. The average molecular weight is 464 g/mol. The van der Waals surface area contributed by atoms with Gasteiger partial charge in [-0.05, 0) is 0 Å². The molecule has 0 unspecified atom stereocenters. The second kappa shape index (κ2) is 15.2. The minimum absolute atomic E-state index is 0. The fourth-order valence-corrected chi connectivity index (χ4v) is 5.12. The molecule has 1 aromatic carbocycles. The first-order valence-electron chi connectivity index (χ1n) is 7.86. The van der Waals surface area contributed by atoms with E-state index in [-0.39, 0.29) is 57.1 Å². The summed E-state index contributed by atoms with van der Waals surface area (Å²) in [5.74, 6) is 0. The molecule has 0 saturated carbocycles. The Balaban J connectivity index is 0.00000484. The smallest absolute Gasteiger partial charge is 1.00 e. The van der Waals surface area contributed by atoms with Crippen molar-refractivity contribution in [3.63, 3.8) is 0 Å².